The van der Waals surface area contributed by atoms with Crippen LogP contribution in [0.2, 0.25) is 0 Å². The molecular formula is C12H10N2O5S2. The second kappa shape index (κ2) is 4.21. The summed E-state index contributed by atoms with van der Waals surface area (Å²) in [5, 5.41) is 12.1. The monoisotopic (exact) mass is 326 g/mol. The van der Waals surface area contributed by atoms with Crippen LogP contribution in [0, 0.1) is 0 Å². The highest BCUT2D eigenvalue weighted by atomic mass is 33.1. The Kier molecular flexibility index (Phi) is 2.63. The van der Waals surface area contributed by atoms with Crippen LogP contribution in [-0.2, 0) is 14.4 Å². The molecule has 0 aliphatic carbocycles. The lowest BCUT2D eigenvalue weighted by Crippen LogP contribution is -2.71. The summed E-state index contributed by atoms with van der Waals surface area (Å²) in [7, 11) is 3.98. The van der Waals surface area contributed by atoms with E-state index in [1.54, 1.807) is 6.07 Å². The Bertz CT molecular complexity index is 669. The highest BCUT2D eigenvalue weighted by Gasteiger charge is 2.67. The van der Waals surface area contributed by atoms with Crippen molar-refractivity contribution in [1.29, 1.82) is 0 Å². The van der Waals surface area contributed by atoms with Crippen molar-refractivity contribution in [3.8, 4) is 11.5 Å². The summed E-state index contributed by atoms with van der Waals surface area (Å²) in [6, 6.07) is 4.66. The summed E-state index contributed by atoms with van der Waals surface area (Å²) in [4.78, 5) is 30.1. The van der Waals surface area contributed by atoms with Gasteiger partial charge < -0.3 is 15.2 Å². The zero-order valence-corrected chi connectivity index (χ0v) is 12.4. The molecule has 21 heavy (non-hydrogen) atoms. The predicted octanol–water partition coefficient (Wildman–Crippen LogP) is 0.763. The summed E-state index contributed by atoms with van der Waals surface area (Å²) in [6.45, 7) is 0. The maximum absolute atomic E-state index is 12.5. The van der Waals surface area contributed by atoms with Gasteiger partial charge in [-0.3, -0.25) is 14.4 Å². The van der Waals surface area contributed by atoms with Gasteiger partial charge in [-0.2, -0.15) is 5.06 Å². The smallest absolute Gasteiger partial charge is 0.303 e. The maximum Gasteiger partial charge on any atom is 0.303 e. The number of ether oxygens (including phenoxy) is 1. The molecule has 9 heteroatoms. The Hall–Kier alpha value is -1.58. The minimum absolute atomic E-state index is 0.0312. The zero-order valence-electron chi connectivity index (χ0n) is 10.7. The first kappa shape index (κ1) is 13.1. The van der Waals surface area contributed by atoms with Crippen LogP contribution >= 0.6 is 21.6 Å². The van der Waals surface area contributed by atoms with E-state index in [2.05, 4.69) is 5.32 Å². The molecule has 3 atom stereocenters. The molecule has 0 radical (unpaired) electrons. The first-order valence-corrected chi connectivity index (χ1v) is 8.39. The second-order valence-electron chi connectivity index (χ2n) is 4.76. The number of hydrogen-bond donors (Lipinski definition) is 2. The number of benzene rings is 1. The summed E-state index contributed by atoms with van der Waals surface area (Å²) in [5.74, 6) is -0.386. The molecule has 0 saturated carbocycles. The molecule has 1 aromatic carbocycles. The van der Waals surface area contributed by atoms with Crippen molar-refractivity contribution in [3.05, 3.63) is 23.8 Å². The van der Waals surface area contributed by atoms with Gasteiger partial charge in [-0.15, -0.1) is 0 Å². The van der Waals surface area contributed by atoms with Crippen molar-refractivity contribution in [1.82, 2.24) is 10.4 Å². The van der Waals surface area contributed by atoms with Crippen LogP contribution in [0.4, 0.5) is 0 Å². The number of phenols is 1. The number of carbonyl (C=O) groups excluding carboxylic acids is 2. The van der Waals surface area contributed by atoms with Crippen molar-refractivity contribution in [3.63, 3.8) is 0 Å². The number of rotatable bonds is 1. The minimum Gasteiger partial charge on any atom is -0.508 e. The van der Waals surface area contributed by atoms with E-state index in [1.165, 1.54) is 40.8 Å². The third-order valence-electron chi connectivity index (χ3n) is 3.64. The molecule has 3 fully saturated rings. The fraction of sp³-hybridized carbons (Fsp3) is 0.333. The van der Waals surface area contributed by atoms with Crippen molar-refractivity contribution in [2.45, 2.75) is 16.3 Å². The Balaban J connectivity index is 1.93. The second-order valence-corrected chi connectivity index (χ2v) is 7.24. The van der Waals surface area contributed by atoms with E-state index in [0.29, 0.717) is 5.75 Å². The number of piperazine rings is 1. The lowest BCUT2D eigenvalue weighted by Gasteiger charge is -2.41. The zero-order chi connectivity index (χ0) is 14.8. The predicted molar refractivity (Wildman–Crippen MR) is 75.2 cm³/mol. The quantitative estimate of drug-likeness (QED) is 0.737. The molecule has 2 N–H and O–H groups in total. The Morgan fingerprint density at radius 2 is 2.24 bits per heavy atom. The van der Waals surface area contributed by atoms with Gasteiger partial charge in [0, 0.05) is 11.6 Å². The Morgan fingerprint density at radius 1 is 1.43 bits per heavy atom. The van der Waals surface area contributed by atoms with Gasteiger partial charge in [0.15, 0.2) is 5.37 Å². The molecule has 1 spiro atoms. The van der Waals surface area contributed by atoms with E-state index >= 15 is 0 Å². The molecule has 2 bridgehead atoms. The molecule has 7 nitrogen and oxygen atoms in total. The highest BCUT2D eigenvalue weighted by Crippen LogP contribution is 2.60. The number of phenolic OH excluding ortho intramolecular Hbond substituents is 1. The highest BCUT2D eigenvalue weighted by molar-refractivity contribution is 8.77. The van der Waals surface area contributed by atoms with Crippen molar-refractivity contribution >= 4 is 33.4 Å². The number of aromatic hydroxyl groups is 1. The first-order valence-electron chi connectivity index (χ1n) is 6.11. The Morgan fingerprint density at radius 3 is 3.00 bits per heavy atom. The van der Waals surface area contributed by atoms with Gasteiger partial charge in [-0.25, -0.2) is 0 Å². The molecule has 110 valence electrons. The third kappa shape index (κ3) is 1.51. The number of amides is 2. The fourth-order valence-electron chi connectivity index (χ4n) is 2.74. The summed E-state index contributed by atoms with van der Waals surface area (Å²) >= 11 is 0. The molecule has 2 amide bonds. The summed E-state index contributed by atoms with van der Waals surface area (Å²) in [5.41, 5.74) is -0.829. The lowest BCUT2D eigenvalue weighted by atomic mass is 10.0. The van der Waals surface area contributed by atoms with Gasteiger partial charge >= 0.3 is 5.72 Å². The van der Waals surface area contributed by atoms with E-state index in [-0.39, 0.29) is 11.7 Å². The molecule has 4 aliphatic rings. The molecule has 1 unspecified atom stereocenters. The average molecular weight is 326 g/mol. The molecule has 4 heterocycles. The van der Waals surface area contributed by atoms with Crippen LogP contribution in [0.3, 0.4) is 0 Å². The van der Waals surface area contributed by atoms with Gasteiger partial charge in [0.05, 0.1) is 7.11 Å². The van der Waals surface area contributed by atoms with E-state index in [1.807, 2.05) is 0 Å². The topological polar surface area (TPSA) is 88.1 Å². The van der Waals surface area contributed by atoms with Gasteiger partial charge in [0.2, 0.25) is 0 Å². The van der Waals surface area contributed by atoms with Crippen LogP contribution in [-0.4, -0.2) is 40.2 Å². The molecule has 3 saturated heterocycles. The van der Waals surface area contributed by atoms with Gasteiger partial charge in [-0.05, 0) is 6.07 Å². The van der Waals surface area contributed by atoms with Crippen LogP contribution in [0.15, 0.2) is 18.2 Å². The number of nitrogens with one attached hydrogen (secondary N) is 1. The number of nitrogens with zero attached hydrogens (tertiary/aromatic N) is 1. The van der Waals surface area contributed by atoms with E-state index < -0.39 is 22.3 Å². The molecule has 0 aromatic heterocycles. The van der Waals surface area contributed by atoms with Gasteiger partial charge in [0.25, 0.3) is 11.8 Å². The van der Waals surface area contributed by atoms with Crippen LogP contribution < -0.4 is 10.1 Å². The normalized spacial score (nSPS) is 33.1. The molecule has 4 aliphatic heterocycles. The van der Waals surface area contributed by atoms with E-state index in [0.717, 1.165) is 10.6 Å². The number of fused-ring (bicyclic) bond motifs is 4. The largest absolute Gasteiger partial charge is 0.508 e. The van der Waals surface area contributed by atoms with Gasteiger partial charge in [-0.1, -0.05) is 27.7 Å². The van der Waals surface area contributed by atoms with Crippen LogP contribution in [0.1, 0.15) is 10.8 Å². The minimum atomic E-state index is -1.58. The summed E-state index contributed by atoms with van der Waals surface area (Å²) in [6.07, 6.45) is 0. The van der Waals surface area contributed by atoms with Crippen molar-refractivity contribution < 1.29 is 24.3 Å². The standard InChI is InChI=1S/C12H10N2O5S2/c1-18-14-10(16)9-13-11(17)12(14)8(20-21-9)6-3-2-5(15)4-7(6)19-12/h2-4,8-9,15H,1H3,(H,13,17)/t8-,9?,12+/m0/s1. The fourth-order valence-corrected chi connectivity index (χ4v) is 5.73. The molecular weight excluding hydrogens is 316 g/mol. The number of hydrogen-bond acceptors (Lipinski definition) is 7. The summed E-state index contributed by atoms with van der Waals surface area (Å²) < 4.78 is 5.81. The van der Waals surface area contributed by atoms with Crippen LogP contribution in [0.25, 0.3) is 0 Å². The van der Waals surface area contributed by atoms with Crippen LogP contribution in [0.5, 0.6) is 11.5 Å². The molecule has 1 aromatic rings. The Labute approximate surface area is 127 Å². The van der Waals surface area contributed by atoms with Crippen molar-refractivity contribution in [2.24, 2.45) is 0 Å². The lowest BCUT2D eigenvalue weighted by molar-refractivity contribution is -0.252. The van der Waals surface area contributed by atoms with Gasteiger partial charge in [0.1, 0.15) is 16.7 Å². The van der Waals surface area contributed by atoms with Crippen molar-refractivity contribution in [2.75, 3.05) is 7.11 Å². The maximum atomic E-state index is 12.5. The number of hydroxylamine groups is 2. The first-order chi connectivity index (χ1) is 10.1. The van der Waals surface area contributed by atoms with E-state index in [9.17, 15) is 14.7 Å². The number of carbonyl (C=O) groups is 2. The average Bonchev–Trinajstić information content (AvgIpc) is 2.62. The SMILES string of the molecule is CON1C(=O)C2NC(=O)[C@@]13Oc1cc(O)ccc1[C@@H]3SS2. The third-order valence-corrected chi connectivity index (χ3v) is 6.52. The van der Waals surface area contributed by atoms with E-state index in [4.69, 9.17) is 9.57 Å². The molecule has 5 rings (SSSR count).